The second-order valence-electron chi connectivity index (χ2n) is 14.2. The van der Waals surface area contributed by atoms with Gasteiger partial charge < -0.3 is 9.84 Å². The van der Waals surface area contributed by atoms with Crippen molar-refractivity contribution in [3.05, 3.63) is 47.2 Å². The standard InChI is InChI=1S/C35H50O4/c1-23(22-39-33(38)27-14-6-5-13-26(27)32(36)37)10-9-11-24(2)29-17-18-30-28-16-15-25-12-7-8-20-34(25,3)31(28)19-21-35(29,30)4/h5-6,13-14,22,24-25,28-31H,7-12,15-21H2,1-4H3,(H,36,37)/t24?,25?,28-,29+,30-,31-,34-,35+/m0/s1. The van der Waals surface area contributed by atoms with E-state index in [1.54, 1.807) is 12.1 Å². The Morgan fingerprint density at radius 2 is 1.72 bits per heavy atom. The first-order valence-corrected chi connectivity index (χ1v) is 15.8. The van der Waals surface area contributed by atoms with Crippen LogP contribution in [0, 0.1) is 46.3 Å². The Morgan fingerprint density at radius 3 is 2.49 bits per heavy atom. The predicted octanol–water partition coefficient (Wildman–Crippen LogP) is 9.30. The minimum absolute atomic E-state index is 0.0272. The van der Waals surface area contributed by atoms with E-state index in [0.717, 1.165) is 53.9 Å². The van der Waals surface area contributed by atoms with Gasteiger partial charge in [0, 0.05) is 0 Å². The van der Waals surface area contributed by atoms with Crippen LogP contribution in [0.1, 0.15) is 132 Å². The van der Waals surface area contributed by atoms with Gasteiger partial charge in [0.2, 0.25) is 0 Å². The molecular formula is C35H50O4. The molecule has 4 saturated carbocycles. The number of benzene rings is 1. The molecule has 8 atom stereocenters. The third kappa shape index (κ3) is 5.34. The molecule has 2 unspecified atom stereocenters. The summed E-state index contributed by atoms with van der Waals surface area (Å²) < 4.78 is 5.36. The Bertz CT molecular complexity index is 1090. The SMILES string of the molecule is CC(=COC(=O)c1ccccc1C(=O)O)CCCC(C)[C@H]1CC[C@H]2[C@@H]3CCC4CCCC[C@]4(C)[C@H]3CC[C@]12C. The number of allylic oxidation sites excluding steroid dienone is 1. The van der Waals surface area contributed by atoms with E-state index in [0.29, 0.717) is 10.8 Å². The van der Waals surface area contributed by atoms with Gasteiger partial charge in [0.25, 0.3) is 0 Å². The number of hydrogen-bond acceptors (Lipinski definition) is 3. The van der Waals surface area contributed by atoms with Crippen molar-refractivity contribution in [1.29, 1.82) is 0 Å². The lowest BCUT2D eigenvalue weighted by Gasteiger charge is -2.61. The molecule has 0 radical (unpaired) electrons. The molecule has 5 rings (SSSR count). The highest BCUT2D eigenvalue weighted by Gasteiger charge is 2.60. The first kappa shape index (κ1) is 28.4. The number of ether oxygens (including phenoxy) is 1. The van der Waals surface area contributed by atoms with E-state index >= 15 is 0 Å². The van der Waals surface area contributed by atoms with Crippen molar-refractivity contribution in [2.24, 2.45) is 46.3 Å². The van der Waals surface area contributed by atoms with Crippen LogP contribution < -0.4 is 0 Å². The summed E-state index contributed by atoms with van der Waals surface area (Å²) in [4.78, 5) is 23.9. The Hall–Kier alpha value is -2.10. The van der Waals surface area contributed by atoms with Gasteiger partial charge in [0.1, 0.15) is 0 Å². The molecule has 0 bridgehead atoms. The van der Waals surface area contributed by atoms with Gasteiger partial charge in [-0.1, -0.05) is 52.2 Å². The van der Waals surface area contributed by atoms with Crippen molar-refractivity contribution >= 4 is 11.9 Å². The number of esters is 1. The third-order valence-corrected chi connectivity index (χ3v) is 12.3. The van der Waals surface area contributed by atoms with Crippen LogP contribution in [0.25, 0.3) is 0 Å². The molecule has 0 saturated heterocycles. The number of hydrogen-bond donors (Lipinski definition) is 1. The lowest BCUT2D eigenvalue weighted by molar-refractivity contribution is -0.114. The second kappa shape index (κ2) is 11.4. The molecule has 0 spiro atoms. The van der Waals surface area contributed by atoms with Gasteiger partial charge >= 0.3 is 11.9 Å². The normalized spacial score (nSPS) is 36.8. The Morgan fingerprint density at radius 1 is 0.974 bits per heavy atom. The van der Waals surface area contributed by atoms with E-state index in [-0.39, 0.29) is 11.1 Å². The maximum atomic E-state index is 12.5. The van der Waals surface area contributed by atoms with Crippen LogP contribution in [0.5, 0.6) is 0 Å². The zero-order valence-electron chi connectivity index (χ0n) is 24.7. The zero-order chi connectivity index (χ0) is 27.8. The molecule has 1 aromatic carbocycles. The Kier molecular flexibility index (Phi) is 8.32. The van der Waals surface area contributed by atoms with E-state index in [2.05, 4.69) is 20.8 Å². The molecule has 0 amide bonds. The summed E-state index contributed by atoms with van der Waals surface area (Å²) in [6.45, 7) is 9.84. The molecular weight excluding hydrogens is 484 g/mol. The van der Waals surface area contributed by atoms with Gasteiger partial charge in [-0.05, 0) is 135 Å². The molecule has 4 fully saturated rings. The van der Waals surface area contributed by atoms with E-state index < -0.39 is 11.9 Å². The molecule has 1 N–H and O–H groups in total. The number of carboxylic acids is 1. The lowest BCUT2D eigenvalue weighted by Crippen LogP contribution is -2.53. The minimum atomic E-state index is -1.12. The largest absolute Gasteiger partial charge is 0.478 e. The van der Waals surface area contributed by atoms with Gasteiger partial charge in [0.05, 0.1) is 17.4 Å². The monoisotopic (exact) mass is 534 g/mol. The minimum Gasteiger partial charge on any atom is -0.478 e. The summed E-state index contributed by atoms with van der Waals surface area (Å²) in [5.74, 6) is 3.68. The summed E-state index contributed by atoms with van der Waals surface area (Å²) in [7, 11) is 0. The second-order valence-corrected chi connectivity index (χ2v) is 14.2. The van der Waals surface area contributed by atoms with Crippen LogP contribution in [0.15, 0.2) is 36.1 Å². The molecule has 4 aliphatic rings. The summed E-state index contributed by atoms with van der Waals surface area (Å²) in [6.07, 6.45) is 19.3. The average Bonchev–Trinajstić information content (AvgIpc) is 3.28. The maximum Gasteiger partial charge on any atom is 0.343 e. The highest BCUT2D eigenvalue weighted by molar-refractivity contribution is 6.02. The fourth-order valence-corrected chi connectivity index (χ4v) is 10.3. The summed E-state index contributed by atoms with van der Waals surface area (Å²) in [6, 6.07) is 6.20. The number of carboxylic acid groups (broad SMARTS) is 1. The lowest BCUT2D eigenvalue weighted by atomic mass is 9.44. The summed E-state index contributed by atoms with van der Waals surface area (Å²) >= 11 is 0. The van der Waals surface area contributed by atoms with Crippen molar-refractivity contribution in [3.8, 4) is 0 Å². The van der Waals surface area contributed by atoms with Crippen molar-refractivity contribution in [1.82, 2.24) is 0 Å². The third-order valence-electron chi connectivity index (χ3n) is 12.3. The number of carbonyl (C=O) groups is 2. The number of aromatic carboxylic acids is 1. The van der Waals surface area contributed by atoms with Crippen LogP contribution in [0.4, 0.5) is 0 Å². The molecule has 214 valence electrons. The van der Waals surface area contributed by atoms with Gasteiger partial charge in [-0.25, -0.2) is 9.59 Å². The molecule has 4 heteroatoms. The highest BCUT2D eigenvalue weighted by atomic mass is 16.5. The topological polar surface area (TPSA) is 63.6 Å². The van der Waals surface area contributed by atoms with E-state index in [9.17, 15) is 14.7 Å². The number of carbonyl (C=O) groups excluding carboxylic acids is 1. The summed E-state index contributed by atoms with van der Waals surface area (Å²) in [5, 5.41) is 9.33. The van der Waals surface area contributed by atoms with E-state index in [4.69, 9.17) is 4.74 Å². The molecule has 39 heavy (non-hydrogen) atoms. The van der Waals surface area contributed by atoms with E-state index in [1.165, 1.54) is 89.0 Å². The Labute approximate surface area is 236 Å². The molecule has 1 aromatic rings. The van der Waals surface area contributed by atoms with Crippen molar-refractivity contribution < 1.29 is 19.4 Å². The number of rotatable bonds is 8. The van der Waals surface area contributed by atoms with Crippen LogP contribution in [-0.2, 0) is 4.74 Å². The Balaban J connectivity index is 1.14. The van der Waals surface area contributed by atoms with Crippen molar-refractivity contribution in [2.75, 3.05) is 0 Å². The number of fused-ring (bicyclic) bond motifs is 5. The van der Waals surface area contributed by atoms with Crippen LogP contribution in [-0.4, -0.2) is 17.0 Å². The first-order valence-electron chi connectivity index (χ1n) is 15.8. The van der Waals surface area contributed by atoms with Gasteiger partial charge in [-0.15, -0.1) is 0 Å². The quantitative estimate of drug-likeness (QED) is 0.267. The summed E-state index contributed by atoms with van der Waals surface area (Å²) in [5.41, 5.74) is 2.22. The molecule has 4 nitrogen and oxygen atoms in total. The van der Waals surface area contributed by atoms with Crippen molar-refractivity contribution in [2.45, 2.75) is 111 Å². The smallest absolute Gasteiger partial charge is 0.343 e. The average molecular weight is 535 g/mol. The molecule has 4 aliphatic carbocycles. The van der Waals surface area contributed by atoms with Crippen LogP contribution in [0.2, 0.25) is 0 Å². The zero-order valence-corrected chi connectivity index (χ0v) is 24.7. The maximum absolute atomic E-state index is 12.5. The van der Waals surface area contributed by atoms with Crippen molar-refractivity contribution in [3.63, 3.8) is 0 Å². The molecule has 0 aliphatic heterocycles. The van der Waals surface area contributed by atoms with Gasteiger partial charge in [0.15, 0.2) is 0 Å². The van der Waals surface area contributed by atoms with E-state index in [1.807, 2.05) is 6.92 Å². The fourth-order valence-electron chi connectivity index (χ4n) is 10.3. The highest BCUT2D eigenvalue weighted by Crippen LogP contribution is 2.68. The first-order chi connectivity index (χ1) is 18.6. The van der Waals surface area contributed by atoms with Gasteiger partial charge in [-0.3, -0.25) is 0 Å². The molecule has 0 aromatic heterocycles. The molecule has 0 heterocycles. The predicted molar refractivity (Wildman–Crippen MR) is 155 cm³/mol. The fraction of sp³-hybridized carbons (Fsp3) is 0.714. The van der Waals surface area contributed by atoms with Crippen LogP contribution in [0.3, 0.4) is 0 Å². The van der Waals surface area contributed by atoms with Gasteiger partial charge in [-0.2, -0.15) is 0 Å². The van der Waals surface area contributed by atoms with Crippen LogP contribution >= 0.6 is 0 Å².